The predicted molar refractivity (Wildman–Crippen MR) is 57.6 cm³/mol. The van der Waals surface area contributed by atoms with Crippen molar-refractivity contribution in [2.45, 2.75) is 57.0 Å². The Bertz CT molecular complexity index is 262. The third kappa shape index (κ3) is 1.84. The Kier molecular flexibility index (Phi) is 2.35. The lowest BCUT2D eigenvalue weighted by atomic mass is 9.81. The number of ether oxygens (including phenoxy) is 1. The second kappa shape index (κ2) is 3.58. The molecule has 1 spiro atoms. The summed E-state index contributed by atoms with van der Waals surface area (Å²) in [6, 6.07) is 0. The average Bonchev–Trinajstić information content (AvgIpc) is 3.02. The largest absolute Gasteiger partial charge is 0.375 e. The van der Waals surface area contributed by atoms with Gasteiger partial charge in [-0.05, 0) is 38.5 Å². The highest BCUT2D eigenvalue weighted by atomic mass is 16.5. The van der Waals surface area contributed by atoms with Gasteiger partial charge in [0.05, 0.1) is 5.60 Å². The van der Waals surface area contributed by atoms with Crippen LogP contribution in [0.3, 0.4) is 0 Å². The van der Waals surface area contributed by atoms with Crippen LogP contribution in [0.2, 0.25) is 0 Å². The Morgan fingerprint density at radius 3 is 2.47 bits per heavy atom. The summed E-state index contributed by atoms with van der Waals surface area (Å²) in [6.07, 6.45) is 9.31. The quantitative estimate of drug-likeness (QED) is 0.697. The number of hydrogen-bond acceptors (Lipinski definition) is 2. The Hall–Kier alpha value is -0.370. The zero-order chi connectivity index (χ0) is 10.3. The smallest absolute Gasteiger partial charge is 0.139 e. The van der Waals surface area contributed by atoms with E-state index in [2.05, 4.69) is 0 Å². The lowest BCUT2D eigenvalue weighted by Gasteiger charge is -2.37. The molecule has 0 radical (unpaired) electrons. The molecule has 2 saturated carbocycles. The van der Waals surface area contributed by atoms with Crippen LogP contribution in [0.1, 0.15) is 51.4 Å². The fourth-order valence-electron chi connectivity index (χ4n) is 3.34. The van der Waals surface area contributed by atoms with Crippen LogP contribution in [0.4, 0.5) is 0 Å². The van der Waals surface area contributed by atoms with Gasteiger partial charge in [-0.3, -0.25) is 4.79 Å². The highest BCUT2D eigenvalue weighted by Gasteiger charge is 2.44. The lowest BCUT2D eigenvalue weighted by Crippen LogP contribution is -2.40. The Labute approximate surface area is 91.4 Å². The van der Waals surface area contributed by atoms with Gasteiger partial charge in [0.2, 0.25) is 0 Å². The van der Waals surface area contributed by atoms with Crippen molar-refractivity contribution in [2.24, 2.45) is 11.8 Å². The van der Waals surface area contributed by atoms with Crippen LogP contribution in [0.25, 0.3) is 0 Å². The number of carbonyl (C=O) groups excluding carboxylic acids is 1. The SMILES string of the molecule is O=C(C1CC1)C1CCOC2(CCCC2)C1. The number of Topliss-reactive ketones (excluding diaryl/α,β-unsaturated/α-hetero) is 1. The third-order valence-electron chi connectivity index (χ3n) is 4.39. The normalized spacial score (nSPS) is 34.5. The van der Waals surface area contributed by atoms with Crippen LogP contribution in [0.5, 0.6) is 0 Å². The first kappa shape index (κ1) is 9.83. The molecule has 1 unspecified atom stereocenters. The summed E-state index contributed by atoms with van der Waals surface area (Å²) in [5.74, 6) is 1.33. The van der Waals surface area contributed by atoms with Gasteiger partial charge in [-0.2, -0.15) is 0 Å². The zero-order valence-corrected chi connectivity index (χ0v) is 9.34. The molecule has 0 aromatic rings. The fourth-order valence-corrected chi connectivity index (χ4v) is 3.34. The van der Waals surface area contributed by atoms with E-state index in [0.717, 1.165) is 32.3 Å². The van der Waals surface area contributed by atoms with Crippen molar-refractivity contribution in [3.8, 4) is 0 Å². The van der Waals surface area contributed by atoms with E-state index in [0.29, 0.717) is 17.6 Å². The van der Waals surface area contributed by atoms with E-state index in [9.17, 15) is 4.79 Å². The zero-order valence-electron chi connectivity index (χ0n) is 9.34. The standard InChI is InChI=1S/C13H20O2/c14-12(10-3-4-10)11-5-8-15-13(9-11)6-1-2-7-13/h10-11H,1-9H2. The van der Waals surface area contributed by atoms with Crippen LogP contribution in [-0.2, 0) is 9.53 Å². The molecule has 3 aliphatic rings. The van der Waals surface area contributed by atoms with Crippen LogP contribution in [0.15, 0.2) is 0 Å². The first-order valence-corrected chi connectivity index (χ1v) is 6.47. The summed E-state index contributed by atoms with van der Waals surface area (Å²) < 4.78 is 5.95. The maximum atomic E-state index is 12.0. The molecule has 84 valence electrons. The molecule has 1 aliphatic heterocycles. The minimum absolute atomic E-state index is 0.119. The van der Waals surface area contributed by atoms with Crippen LogP contribution in [-0.4, -0.2) is 18.0 Å². The second-order valence-electron chi connectivity index (χ2n) is 5.60. The van der Waals surface area contributed by atoms with Crippen molar-refractivity contribution in [3.05, 3.63) is 0 Å². The van der Waals surface area contributed by atoms with Gasteiger partial charge < -0.3 is 4.74 Å². The van der Waals surface area contributed by atoms with Crippen LogP contribution in [0, 0.1) is 11.8 Å². The highest BCUT2D eigenvalue weighted by molar-refractivity contribution is 5.85. The van der Waals surface area contributed by atoms with Crippen molar-refractivity contribution in [3.63, 3.8) is 0 Å². The van der Waals surface area contributed by atoms with Crippen molar-refractivity contribution >= 4 is 5.78 Å². The topological polar surface area (TPSA) is 26.3 Å². The van der Waals surface area contributed by atoms with E-state index in [4.69, 9.17) is 4.74 Å². The predicted octanol–water partition coefficient (Wildman–Crippen LogP) is 2.70. The van der Waals surface area contributed by atoms with E-state index in [1.165, 1.54) is 25.7 Å². The van der Waals surface area contributed by atoms with Crippen molar-refractivity contribution in [1.82, 2.24) is 0 Å². The molecule has 3 fully saturated rings. The first-order chi connectivity index (χ1) is 7.29. The first-order valence-electron chi connectivity index (χ1n) is 6.47. The third-order valence-corrected chi connectivity index (χ3v) is 4.39. The van der Waals surface area contributed by atoms with E-state index in [1.807, 2.05) is 0 Å². The van der Waals surface area contributed by atoms with Gasteiger partial charge in [0.15, 0.2) is 0 Å². The molecule has 15 heavy (non-hydrogen) atoms. The number of carbonyl (C=O) groups is 1. The van der Waals surface area contributed by atoms with Gasteiger partial charge >= 0.3 is 0 Å². The molecule has 0 bridgehead atoms. The Balaban J connectivity index is 1.67. The summed E-state index contributed by atoms with van der Waals surface area (Å²) in [6.45, 7) is 0.823. The number of hydrogen-bond donors (Lipinski definition) is 0. The molecule has 0 amide bonds. The van der Waals surface area contributed by atoms with Crippen molar-refractivity contribution in [2.75, 3.05) is 6.61 Å². The molecule has 3 rings (SSSR count). The van der Waals surface area contributed by atoms with E-state index >= 15 is 0 Å². The van der Waals surface area contributed by atoms with Crippen molar-refractivity contribution < 1.29 is 9.53 Å². The maximum absolute atomic E-state index is 12.0. The molecule has 2 heteroatoms. The molecule has 0 N–H and O–H groups in total. The van der Waals surface area contributed by atoms with E-state index < -0.39 is 0 Å². The maximum Gasteiger partial charge on any atom is 0.139 e. The summed E-state index contributed by atoms with van der Waals surface area (Å²) in [7, 11) is 0. The number of ketones is 1. The summed E-state index contributed by atoms with van der Waals surface area (Å²) >= 11 is 0. The summed E-state index contributed by atoms with van der Waals surface area (Å²) in [4.78, 5) is 12.0. The molecule has 2 nitrogen and oxygen atoms in total. The Morgan fingerprint density at radius 1 is 1.07 bits per heavy atom. The van der Waals surface area contributed by atoms with Crippen molar-refractivity contribution in [1.29, 1.82) is 0 Å². The van der Waals surface area contributed by atoms with Gasteiger partial charge in [-0.1, -0.05) is 12.8 Å². The minimum atomic E-state index is 0.119. The molecular formula is C13H20O2. The summed E-state index contributed by atoms with van der Waals surface area (Å²) in [5, 5.41) is 0. The summed E-state index contributed by atoms with van der Waals surface area (Å²) in [5.41, 5.74) is 0.119. The van der Waals surface area contributed by atoms with Crippen LogP contribution < -0.4 is 0 Å². The fraction of sp³-hybridized carbons (Fsp3) is 0.923. The van der Waals surface area contributed by atoms with Gasteiger partial charge in [-0.15, -0.1) is 0 Å². The molecule has 1 saturated heterocycles. The molecule has 1 atom stereocenters. The van der Waals surface area contributed by atoms with E-state index in [-0.39, 0.29) is 5.60 Å². The van der Waals surface area contributed by atoms with Gasteiger partial charge in [-0.25, -0.2) is 0 Å². The Morgan fingerprint density at radius 2 is 1.80 bits per heavy atom. The molecular weight excluding hydrogens is 188 g/mol. The molecule has 2 aliphatic carbocycles. The monoisotopic (exact) mass is 208 g/mol. The van der Waals surface area contributed by atoms with Gasteiger partial charge in [0.25, 0.3) is 0 Å². The molecule has 0 aromatic heterocycles. The molecule has 1 heterocycles. The molecule has 0 aromatic carbocycles. The van der Waals surface area contributed by atoms with Crippen LogP contribution >= 0.6 is 0 Å². The minimum Gasteiger partial charge on any atom is -0.375 e. The average molecular weight is 208 g/mol. The number of rotatable bonds is 2. The second-order valence-corrected chi connectivity index (χ2v) is 5.60. The van der Waals surface area contributed by atoms with E-state index in [1.54, 1.807) is 0 Å². The highest BCUT2D eigenvalue weighted by Crippen LogP contribution is 2.44. The van der Waals surface area contributed by atoms with Gasteiger partial charge in [0, 0.05) is 18.4 Å². The lowest BCUT2D eigenvalue weighted by molar-refractivity contribution is -0.137. The van der Waals surface area contributed by atoms with Gasteiger partial charge in [0.1, 0.15) is 5.78 Å².